The lowest BCUT2D eigenvalue weighted by Crippen LogP contribution is -2.24. The molecule has 100 valence electrons. The van der Waals surface area contributed by atoms with Crippen LogP contribution in [0, 0.1) is 12.8 Å². The second kappa shape index (κ2) is 5.34. The summed E-state index contributed by atoms with van der Waals surface area (Å²) in [6, 6.07) is 13.8. The molecule has 2 aromatic carbocycles. The molecule has 1 fully saturated rings. The van der Waals surface area contributed by atoms with Gasteiger partial charge in [-0.2, -0.15) is 0 Å². The van der Waals surface area contributed by atoms with Crippen LogP contribution in [-0.2, 0) is 0 Å². The summed E-state index contributed by atoms with van der Waals surface area (Å²) in [5.41, 5.74) is 2.92. The van der Waals surface area contributed by atoms with E-state index in [4.69, 9.17) is 0 Å². The highest BCUT2D eigenvalue weighted by molar-refractivity contribution is 5.87. The van der Waals surface area contributed by atoms with Gasteiger partial charge in [-0.25, -0.2) is 0 Å². The Bertz CT molecular complexity index is 569. The summed E-state index contributed by atoms with van der Waals surface area (Å²) in [5.74, 6) is 0.927. The van der Waals surface area contributed by atoms with Crippen molar-refractivity contribution in [2.24, 2.45) is 5.92 Å². The molecule has 2 aromatic rings. The maximum atomic E-state index is 3.55. The first kappa shape index (κ1) is 12.7. The van der Waals surface area contributed by atoms with Crippen molar-refractivity contribution in [1.29, 1.82) is 0 Å². The van der Waals surface area contributed by atoms with Gasteiger partial charge < -0.3 is 5.32 Å². The van der Waals surface area contributed by atoms with Crippen molar-refractivity contribution in [3.8, 4) is 0 Å². The van der Waals surface area contributed by atoms with E-state index < -0.39 is 0 Å². The van der Waals surface area contributed by atoms with Gasteiger partial charge in [0.25, 0.3) is 0 Å². The molecule has 1 N–H and O–H groups in total. The molecule has 1 nitrogen and oxygen atoms in total. The first-order valence-corrected chi connectivity index (χ1v) is 7.45. The highest BCUT2D eigenvalue weighted by Gasteiger charge is 2.24. The average molecular weight is 253 g/mol. The quantitative estimate of drug-likeness (QED) is 0.839. The topological polar surface area (TPSA) is 12.0 Å². The van der Waals surface area contributed by atoms with Crippen LogP contribution in [0.3, 0.4) is 0 Å². The Balaban J connectivity index is 2.02. The van der Waals surface area contributed by atoms with Crippen molar-refractivity contribution in [3.63, 3.8) is 0 Å². The zero-order chi connectivity index (χ0) is 13.2. The fourth-order valence-corrected chi connectivity index (χ4v) is 3.31. The summed E-state index contributed by atoms with van der Waals surface area (Å²) in [5, 5.41) is 6.33. The first-order chi connectivity index (χ1) is 9.29. The van der Waals surface area contributed by atoms with Gasteiger partial charge in [0.2, 0.25) is 0 Å². The highest BCUT2D eigenvalue weighted by atomic mass is 14.9. The van der Waals surface area contributed by atoms with Crippen LogP contribution < -0.4 is 5.32 Å². The number of rotatable bonds is 4. The van der Waals surface area contributed by atoms with Gasteiger partial charge in [-0.3, -0.25) is 0 Å². The molecule has 0 amide bonds. The fraction of sp³-hybridized carbons (Fsp3) is 0.444. The van der Waals surface area contributed by atoms with Gasteiger partial charge in [0.05, 0.1) is 0 Å². The molecule has 1 aliphatic rings. The van der Waals surface area contributed by atoms with Crippen molar-refractivity contribution in [1.82, 2.24) is 5.32 Å². The van der Waals surface area contributed by atoms with Crippen molar-refractivity contribution < 1.29 is 0 Å². The summed E-state index contributed by atoms with van der Waals surface area (Å²) in [6.45, 7) is 2.24. The van der Waals surface area contributed by atoms with Crippen molar-refractivity contribution in [2.75, 3.05) is 7.05 Å². The molecule has 1 unspecified atom stereocenters. The number of hydrogen-bond acceptors (Lipinski definition) is 1. The minimum absolute atomic E-state index is 0.497. The Labute approximate surface area is 116 Å². The average Bonchev–Trinajstić information content (AvgIpc) is 2.39. The normalized spacial score (nSPS) is 17.4. The van der Waals surface area contributed by atoms with E-state index in [1.807, 2.05) is 0 Å². The molecule has 1 atom stereocenters. The third kappa shape index (κ3) is 2.40. The molecule has 0 spiro atoms. The van der Waals surface area contributed by atoms with Gasteiger partial charge in [0.1, 0.15) is 0 Å². The van der Waals surface area contributed by atoms with Crippen LogP contribution in [0.2, 0.25) is 0 Å². The number of aryl methyl sites for hydroxylation is 1. The van der Waals surface area contributed by atoms with Crippen LogP contribution >= 0.6 is 0 Å². The molecule has 0 radical (unpaired) electrons. The molecule has 3 rings (SSSR count). The van der Waals surface area contributed by atoms with E-state index in [2.05, 4.69) is 55.7 Å². The molecule has 0 heterocycles. The zero-order valence-corrected chi connectivity index (χ0v) is 11.9. The van der Waals surface area contributed by atoms with Crippen LogP contribution in [0.25, 0.3) is 10.8 Å². The SMILES string of the molecule is CNC(CC1CCC1)c1c(C)ccc2ccccc12. The Hall–Kier alpha value is -1.34. The lowest BCUT2D eigenvalue weighted by molar-refractivity contribution is 0.266. The van der Waals surface area contributed by atoms with Crippen LogP contribution in [0.1, 0.15) is 42.9 Å². The van der Waals surface area contributed by atoms with E-state index in [9.17, 15) is 0 Å². The number of hydrogen-bond donors (Lipinski definition) is 1. The molecule has 0 bridgehead atoms. The molecule has 0 aliphatic heterocycles. The van der Waals surface area contributed by atoms with Gasteiger partial charge >= 0.3 is 0 Å². The number of benzene rings is 2. The Morgan fingerprint density at radius 3 is 2.63 bits per heavy atom. The summed E-state index contributed by atoms with van der Waals surface area (Å²) < 4.78 is 0. The maximum absolute atomic E-state index is 3.55. The van der Waals surface area contributed by atoms with Crippen LogP contribution in [0.4, 0.5) is 0 Å². The van der Waals surface area contributed by atoms with Crippen LogP contribution in [-0.4, -0.2) is 7.05 Å². The van der Waals surface area contributed by atoms with Gasteiger partial charge in [-0.15, -0.1) is 0 Å². The highest BCUT2D eigenvalue weighted by Crippen LogP contribution is 2.37. The third-order valence-electron chi connectivity index (χ3n) is 4.68. The Morgan fingerprint density at radius 2 is 1.95 bits per heavy atom. The molecule has 1 saturated carbocycles. The monoisotopic (exact) mass is 253 g/mol. The van der Waals surface area contributed by atoms with E-state index >= 15 is 0 Å². The fourth-order valence-electron chi connectivity index (χ4n) is 3.31. The van der Waals surface area contributed by atoms with Crippen molar-refractivity contribution >= 4 is 10.8 Å². The smallest absolute Gasteiger partial charge is 0.0328 e. The molecule has 1 heteroatoms. The van der Waals surface area contributed by atoms with Crippen LogP contribution in [0.5, 0.6) is 0 Å². The molecular formula is C18H23N. The second-order valence-electron chi connectivity index (χ2n) is 5.89. The summed E-state index contributed by atoms with van der Waals surface area (Å²) >= 11 is 0. The minimum Gasteiger partial charge on any atom is -0.313 e. The van der Waals surface area contributed by atoms with Gasteiger partial charge in [-0.1, -0.05) is 55.7 Å². The van der Waals surface area contributed by atoms with Gasteiger partial charge in [0.15, 0.2) is 0 Å². The summed E-state index contributed by atoms with van der Waals surface area (Å²) in [4.78, 5) is 0. The standard InChI is InChI=1S/C18H23N/c1-13-10-11-15-8-3-4-9-16(15)18(13)17(19-2)12-14-6-5-7-14/h3-4,8-11,14,17,19H,5-7,12H2,1-2H3. The third-order valence-corrected chi connectivity index (χ3v) is 4.68. The van der Waals surface area contributed by atoms with E-state index in [0.29, 0.717) is 6.04 Å². The van der Waals surface area contributed by atoms with E-state index in [1.165, 1.54) is 47.6 Å². The largest absolute Gasteiger partial charge is 0.313 e. The minimum atomic E-state index is 0.497. The Morgan fingerprint density at radius 1 is 1.16 bits per heavy atom. The van der Waals surface area contributed by atoms with E-state index in [-0.39, 0.29) is 0 Å². The zero-order valence-electron chi connectivity index (χ0n) is 11.9. The number of fused-ring (bicyclic) bond motifs is 1. The maximum Gasteiger partial charge on any atom is 0.0328 e. The predicted molar refractivity (Wildman–Crippen MR) is 82.4 cm³/mol. The van der Waals surface area contributed by atoms with Crippen molar-refractivity contribution in [2.45, 2.75) is 38.6 Å². The lowest BCUT2D eigenvalue weighted by atomic mass is 9.78. The molecule has 0 aromatic heterocycles. The first-order valence-electron chi connectivity index (χ1n) is 7.45. The molecule has 19 heavy (non-hydrogen) atoms. The second-order valence-corrected chi connectivity index (χ2v) is 5.89. The van der Waals surface area contributed by atoms with E-state index in [0.717, 1.165) is 5.92 Å². The molecule has 0 saturated heterocycles. The Kier molecular flexibility index (Phi) is 3.56. The molecular weight excluding hydrogens is 230 g/mol. The van der Waals surface area contributed by atoms with Crippen molar-refractivity contribution in [3.05, 3.63) is 47.5 Å². The molecule has 1 aliphatic carbocycles. The summed E-state index contributed by atoms with van der Waals surface area (Å²) in [7, 11) is 2.10. The lowest BCUT2D eigenvalue weighted by Gasteiger charge is -2.31. The van der Waals surface area contributed by atoms with Gasteiger partial charge in [-0.05, 0) is 48.2 Å². The van der Waals surface area contributed by atoms with Crippen LogP contribution in [0.15, 0.2) is 36.4 Å². The van der Waals surface area contributed by atoms with Gasteiger partial charge in [0, 0.05) is 6.04 Å². The number of nitrogens with one attached hydrogen (secondary N) is 1. The summed E-state index contributed by atoms with van der Waals surface area (Å²) in [6.07, 6.45) is 5.55. The predicted octanol–water partition coefficient (Wildman–Crippen LogP) is 4.60. The van der Waals surface area contributed by atoms with E-state index in [1.54, 1.807) is 0 Å².